The fraction of sp³-hybridized carbons (Fsp3) is 0.160. The zero-order valence-corrected chi connectivity index (χ0v) is 20.6. The van der Waals surface area contributed by atoms with Gasteiger partial charge >= 0.3 is 6.18 Å². The molecule has 37 heavy (non-hydrogen) atoms. The minimum Gasteiger partial charge on any atom is -0.340 e. The van der Waals surface area contributed by atoms with Crippen molar-refractivity contribution in [3.63, 3.8) is 0 Å². The van der Waals surface area contributed by atoms with Gasteiger partial charge < -0.3 is 4.57 Å². The van der Waals surface area contributed by atoms with Crippen LogP contribution in [0.1, 0.15) is 27.9 Å². The van der Waals surface area contributed by atoms with Crippen molar-refractivity contribution in [2.24, 2.45) is 5.10 Å². The molecule has 0 aliphatic rings. The summed E-state index contributed by atoms with van der Waals surface area (Å²) in [5.74, 6) is -9.66. The lowest BCUT2D eigenvalue weighted by Crippen LogP contribution is -2.16. The summed E-state index contributed by atoms with van der Waals surface area (Å²) >= 11 is 12.3. The van der Waals surface area contributed by atoms with Crippen molar-refractivity contribution in [3.8, 4) is 0 Å². The Morgan fingerprint density at radius 2 is 1.57 bits per heavy atom. The van der Waals surface area contributed by atoms with Crippen LogP contribution in [0.25, 0.3) is 10.9 Å². The van der Waals surface area contributed by atoms with Crippen LogP contribution in [0.4, 0.5) is 36.4 Å². The summed E-state index contributed by atoms with van der Waals surface area (Å²) in [7, 11) is 0. The fourth-order valence-corrected chi connectivity index (χ4v) is 4.42. The smallest absolute Gasteiger partial charge is 0.340 e. The highest BCUT2D eigenvalue weighted by Gasteiger charge is 2.42. The monoisotopic (exact) mass is 561 g/mol. The van der Waals surface area contributed by atoms with Gasteiger partial charge in [0.1, 0.15) is 11.3 Å². The fourth-order valence-electron chi connectivity index (χ4n) is 3.95. The molecule has 1 heterocycles. The van der Waals surface area contributed by atoms with Crippen LogP contribution in [0.3, 0.4) is 0 Å². The summed E-state index contributed by atoms with van der Waals surface area (Å²) in [6.45, 7) is 3.93. The van der Waals surface area contributed by atoms with Crippen LogP contribution in [0.5, 0.6) is 0 Å². The predicted molar refractivity (Wildman–Crippen MR) is 129 cm³/mol. The summed E-state index contributed by atoms with van der Waals surface area (Å²) in [6.07, 6.45) is -4.48. The zero-order chi connectivity index (χ0) is 27.2. The van der Waals surface area contributed by atoms with Gasteiger partial charge in [0.2, 0.25) is 0 Å². The molecule has 0 bridgehead atoms. The molecule has 0 amide bonds. The molecule has 1 N–H and O–H groups in total. The Hall–Kier alpha value is -3.24. The van der Waals surface area contributed by atoms with E-state index in [4.69, 9.17) is 23.2 Å². The molecule has 0 spiro atoms. The molecule has 0 saturated carbocycles. The number of aryl methyl sites for hydroxylation is 1. The van der Waals surface area contributed by atoms with Gasteiger partial charge in [-0.2, -0.15) is 18.3 Å². The Kier molecular flexibility index (Phi) is 7.18. The summed E-state index contributed by atoms with van der Waals surface area (Å²) in [6, 6.07) is 10.6. The van der Waals surface area contributed by atoms with Crippen LogP contribution in [0, 0.1) is 37.1 Å². The van der Waals surface area contributed by atoms with Crippen LogP contribution in [0.2, 0.25) is 10.0 Å². The third kappa shape index (κ3) is 5.00. The Labute approximate surface area is 216 Å². The highest BCUT2D eigenvalue weighted by molar-refractivity contribution is 6.35. The molecule has 3 nitrogen and oxygen atoms in total. The van der Waals surface area contributed by atoms with Crippen molar-refractivity contribution in [2.45, 2.75) is 26.6 Å². The maximum atomic E-state index is 14.2. The summed E-state index contributed by atoms with van der Waals surface area (Å²) in [4.78, 5) is 0. The number of benzene rings is 3. The molecule has 0 saturated heterocycles. The van der Waals surface area contributed by atoms with E-state index < -0.39 is 40.7 Å². The zero-order valence-electron chi connectivity index (χ0n) is 19.0. The Morgan fingerprint density at radius 3 is 2.16 bits per heavy atom. The number of nitrogens with one attached hydrogen (secondary N) is 1. The van der Waals surface area contributed by atoms with Gasteiger partial charge in [-0.1, -0.05) is 40.9 Å². The quantitative estimate of drug-likeness (QED) is 0.112. The molecule has 0 unspecified atom stereocenters. The minimum atomic E-state index is -5.64. The SMILES string of the molecule is Cc1ccc2c(c1)c(/C=N/Nc1c(F)c(F)c(C(F)(F)F)c(F)c1F)c(C)n2Cc1ccc(Cl)cc1Cl. The van der Waals surface area contributed by atoms with E-state index in [2.05, 4.69) is 5.10 Å². The van der Waals surface area contributed by atoms with Gasteiger partial charge in [-0.3, -0.25) is 5.43 Å². The molecule has 0 radical (unpaired) electrons. The van der Waals surface area contributed by atoms with Crippen molar-refractivity contribution in [1.29, 1.82) is 0 Å². The second-order valence-electron chi connectivity index (χ2n) is 8.22. The highest BCUT2D eigenvalue weighted by atomic mass is 35.5. The number of nitrogens with zero attached hydrogens (tertiary/aromatic N) is 2. The number of alkyl halides is 3. The van der Waals surface area contributed by atoms with E-state index in [1.165, 1.54) is 0 Å². The van der Waals surface area contributed by atoms with E-state index in [1.807, 2.05) is 29.7 Å². The van der Waals surface area contributed by atoms with Gasteiger partial charge in [0.25, 0.3) is 0 Å². The number of anilines is 1. The van der Waals surface area contributed by atoms with Gasteiger partial charge in [-0.15, -0.1) is 0 Å². The second kappa shape index (κ2) is 9.90. The summed E-state index contributed by atoms with van der Waals surface area (Å²) in [5.41, 5.74) is 1.20. The molecule has 3 aromatic carbocycles. The van der Waals surface area contributed by atoms with Gasteiger partial charge in [-0.25, -0.2) is 17.6 Å². The maximum absolute atomic E-state index is 14.2. The van der Waals surface area contributed by atoms with E-state index in [0.29, 0.717) is 33.2 Å². The van der Waals surface area contributed by atoms with Crippen LogP contribution in [-0.2, 0) is 12.7 Å². The van der Waals surface area contributed by atoms with Crippen molar-refractivity contribution in [2.75, 3.05) is 5.43 Å². The maximum Gasteiger partial charge on any atom is 0.422 e. The number of aromatic nitrogens is 1. The average molecular weight is 562 g/mol. The molecule has 12 heteroatoms. The van der Waals surface area contributed by atoms with Gasteiger partial charge in [0.15, 0.2) is 23.3 Å². The lowest BCUT2D eigenvalue weighted by Gasteiger charge is -2.13. The molecule has 4 aromatic rings. The van der Waals surface area contributed by atoms with Crippen molar-refractivity contribution in [1.82, 2.24) is 4.57 Å². The van der Waals surface area contributed by atoms with Crippen LogP contribution in [-0.4, -0.2) is 10.8 Å². The van der Waals surface area contributed by atoms with Crippen molar-refractivity contribution in [3.05, 3.63) is 97.7 Å². The van der Waals surface area contributed by atoms with E-state index >= 15 is 0 Å². The molecular weight excluding hydrogens is 546 g/mol. The second-order valence-corrected chi connectivity index (χ2v) is 9.06. The highest BCUT2D eigenvalue weighted by Crippen LogP contribution is 2.38. The molecule has 0 aliphatic heterocycles. The Balaban J connectivity index is 1.76. The lowest BCUT2D eigenvalue weighted by atomic mass is 10.1. The number of hydrogen-bond donors (Lipinski definition) is 1. The van der Waals surface area contributed by atoms with E-state index in [1.54, 1.807) is 30.5 Å². The number of halogens is 9. The standard InChI is InChI=1S/C25H16Cl2F7N3/c1-11-3-6-18-15(7-11)16(12(2)37(18)10-13-4-5-14(26)8-17(13)27)9-35-36-24-22(30)20(28)19(25(32,33)34)21(29)23(24)31/h3-9,36H,10H2,1-2H3/b35-9+. The molecule has 0 atom stereocenters. The van der Waals surface area contributed by atoms with Crippen LogP contribution in [0.15, 0.2) is 41.5 Å². The summed E-state index contributed by atoms with van der Waals surface area (Å²) < 4.78 is 96.6. The van der Waals surface area contributed by atoms with E-state index in [0.717, 1.165) is 22.9 Å². The first-order valence-electron chi connectivity index (χ1n) is 10.6. The molecule has 0 fully saturated rings. The molecular formula is C25H16Cl2F7N3. The van der Waals surface area contributed by atoms with Gasteiger partial charge in [-0.05, 0) is 43.7 Å². The Morgan fingerprint density at radius 1 is 0.919 bits per heavy atom. The number of fused-ring (bicyclic) bond motifs is 1. The van der Waals surface area contributed by atoms with Gasteiger partial charge in [0.05, 0.1) is 6.21 Å². The first-order chi connectivity index (χ1) is 17.3. The number of hydrazone groups is 1. The predicted octanol–water partition coefficient (Wildman–Crippen LogP) is 8.63. The van der Waals surface area contributed by atoms with E-state index in [9.17, 15) is 30.7 Å². The first kappa shape index (κ1) is 26.8. The number of hydrogen-bond acceptors (Lipinski definition) is 2. The Bertz CT molecular complexity index is 1530. The average Bonchev–Trinajstić information content (AvgIpc) is 3.06. The van der Waals surface area contributed by atoms with Crippen LogP contribution < -0.4 is 5.43 Å². The molecule has 0 aliphatic carbocycles. The lowest BCUT2D eigenvalue weighted by molar-refractivity contribution is -0.143. The molecule has 194 valence electrons. The third-order valence-corrected chi connectivity index (χ3v) is 6.38. The van der Waals surface area contributed by atoms with Crippen molar-refractivity contribution < 1.29 is 30.7 Å². The minimum absolute atomic E-state index is 0.335. The first-order valence-corrected chi connectivity index (χ1v) is 11.3. The van der Waals surface area contributed by atoms with E-state index in [-0.39, 0.29) is 0 Å². The summed E-state index contributed by atoms with van der Waals surface area (Å²) in [5, 5.41) is 5.27. The number of rotatable bonds is 5. The van der Waals surface area contributed by atoms with Gasteiger partial charge in [0, 0.05) is 38.8 Å². The van der Waals surface area contributed by atoms with Crippen molar-refractivity contribution >= 4 is 46.0 Å². The molecule has 4 rings (SSSR count). The largest absolute Gasteiger partial charge is 0.422 e. The normalized spacial score (nSPS) is 12.2. The van der Waals surface area contributed by atoms with Crippen LogP contribution >= 0.6 is 23.2 Å². The third-order valence-electron chi connectivity index (χ3n) is 5.79. The molecule has 1 aromatic heterocycles. The topological polar surface area (TPSA) is 29.3 Å².